The Hall–Kier alpha value is -6.70. The topological polar surface area (TPSA) is 221 Å². The van der Waals surface area contributed by atoms with Gasteiger partial charge < -0.3 is 63.5 Å². The molecule has 0 aromatic heterocycles. The summed E-state index contributed by atoms with van der Waals surface area (Å²) in [6.07, 6.45) is 6.11. The summed E-state index contributed by atoms with van der Waals surface area (Å²) in [6, 6.07) is 13.6. The summed E-state index contributed by atoms with van der Waals surface area (Å²) >= 11 is 0. The van der Waals surface area contributed by atoms with Crippen molar-refractivity contribution in [2.75, 3.05) is 26.8 Å². The molecule has 17 nitrogen and oxygen atoms in total. The molecule has 3 aromatic carbocycles. The van der Waals surface area contributed by atoms with Crippen LogP contribution in [0.15, 0.2) is 101 Å². The Morgan fingerprint density at radius 1 is 0.880 bits per heavy atom. The van der Waals surface area contributed by atoms with Gasteiger partial charge in [0.05, 0.1) is 47.4 Å². The number of aliphatic hydroxyl groups excluding tert-OH is 2. The van der Waals surface area contributed by atoms with Crippen LogP contribution in [0.3, 0.4) is 0 Å². The van der Waals surface area contributed by atoms with Crippen molar-refractivity contribution in [2.24, 2.45) is 23.5 Å². The van der Waals surface area contributed by atoms with E-state index in [1.54, 1.807) is 39.0 Å². The molecule has 11 atom stereocenters. The molecule has 4 bridgehead atoms. The first kappa shape index (κ1) is 56.8. The van der Waals surface area contributed by atoms with Crippen molar-refractivity contribution < 1.29 is 72.0 Å². The van der Waals surface area contributed by atoms with E-state index in [-0.39, 0.29) is 60.3 Å². The molecule has 10 aliphatic rings. The number of benzene rings is 3. The third kappa shape index (κ3) is 8.73. The lowest BCUT2D eigenvalue weighted by Gasteiger charge is -2.63. The van der Waals surface area contributed by atoms with Crippen LogP contribution < -0.4 is 24.7 Å². The first-order valence-electron chi connectivity index (χ1n) is 28.9. The Morgan fingerprint density at radius 2 is 1.60 bits per heavy atom. The van der Waals surface area contributed by atoms with Gasteiger partial charge in [-0.25, -0.2) is 9.59 Å². The number of Topliss-reactive ketones (excluding diaryl/α,β-unsaturated/α-hetero) is 2. The van der Waals surface area contributed by atoms with E-state index in [1.165, 1.54) is 24.8 Å². The third-order valence-corrected chi connectivity index (χ3v) is 18.3. The highest BCUT2D eigenvalue weighted by Crippen LogP contribution is 2.75. The van der Waals surface area contributed by atoms with Crippen molar-refractivity contribution in [3.05, 3.63) is 134 Å². The standard InChI is InChI=1S/C66H74N2O15/c1-33(2)15-14-26-64(10)27-25-41-54(81-64)40(23-18-34(3)4)56-47(55(41)79-60(74)36-19-21-37(22-20-36)77-61-53(71)52(70)57-43(78-61)32-76-63(8,9)80-57)50-48-45(46-49(68(50)30-29-67)38-16-12-13-17-39(38)51(46)69)42-31-44-62(6,7)83-65(58(42)72,66(44,48)82-56)28-24-35(5)59(73)75-11/h12-13,15-22,24-25,27,42-45,52-53,57,61,70-71H,14,23,26,28-32,67H2,1-11H3/b35-24-/t42?,43-,44-,45?,52-,53-,57-,61-,64?,65?,66?/m1/s1. The van der Waals surface area contributed by atoms with Gasteiger partial charge >= 0.3 is 11.9 Å². The van der Waals surface area contributed by atoms with Crippen LogP contribution in [-0.4, -0.2) is 124 Å². The SMILES string of the molecule is COC(=O)/C(C)=C\CC12OC(C)(C)[C@H]3CC(C1=O)C1C4=C(c5ccccc5C4=O)N(CCN)C4=C1C32Oc1c(CC=C(C)C)c2c(c(OC(=O)c3ccc(O[C@@H]5O[C@@H]6COC(C)(C)O[C@H]6[C@H](O)[C@H]5O)cc3)c14)C=CC(C)(CCC=C(C)C)O2. The molecule has 3 aromatic rings. The number of fused-ring (bicyclic) bond motifs is 6. The number of hydrogen-bond donors (Lipinski definition) is 3. The van der Waals surface area contributed by atoms with Crippen LogP contribution in [0.4, 0.5) is 0 Å². The fourth-order valence-electron chi connectivity index (χ4n) is 14.6. The lowest BCUT2D eigenvalue weighted by atomic mass is 9.44. The first-order valence-corrected chi connectivity index (χ1v) is 28.9. The van der Waals surface area contributed by atoms with Gasteiger partial charge in [0.15, 0.2) is 34.3 Å². The van der Waals surface area contributed by atoms with Crippen LogP contribution in [0.25, 0.3) is 17.5 Å². The number of carbonyl (C=O) groups is 4. The predicted molar refractivity (Wildman–Crippen MR) is 306 cm³/mol. The van der Waals surface area contributed by atoms with Crippen molar-refractivity contribution in [2.45, 2.75) is 160 Å². The molecule has 438 valence electrons. The molecular weight excluding hydrogens is 1060 g/mol. The molecule has 3 saturated carbocycles. The molecule has 6 fully saturated rings. The normalized spacial score (nSPS) is 31.6. The average molecular weight is 1140 g/mol. The third-order valence-electron chi connectivity index (χ3n) is 18.3. The summed E-state index contributed by atoms with van der Waals surface area (Å²) in [7, 11) is 1.31. The molecule has 6 heterocycles. The highest BCUT2D eigenvalue weighted by molar-refractivity contribution is 6.23. The summed E-state index contributed by atoms with van der Waals surface area (Å²) in [5.41, 5.74) is 9.21. The summed E-state index contributed by atoms with van der Waals surface area (Å²) in [6.45, 7) is 19.6. The molecule has 4 aliphatic carbocycles. The molecule has 13 rings (SSSR count). The van der Waals surface area contributed by atoms with Gasteiger partial charge in [-0.15, -0.1) is 0 Å². The Morgan fingerprint density at radius 3 is 2.30 bits per heavy atom. The number of allylic oxidation sites excluding steroid dienone is 5. The number of nitrogens with two attached hydrogens (primary N) is 1. The smallest absolute Gasteiger partial charge is 0.343 e. The summed E-state index contributed by atoms with van der Waals surface area (Å²) in [4.78, 5) is 62.1. The second-order valence-electron chi connectivity index (χ2n) is 25.2. The first-order chi connectivity index (χ1) is 39.4. The minimum absolute atomic E-state index is 0.0643. The zero-order chi connectivity index (χ0) is 59.0. The van der Waals surface area contributed by atoms with E-state index in [9.17, 15) is 15.0 Å². The summed E-state index contributed by atoms with van der Waals surface area (Å²) in [5.74, 6) is -3.66. The van der Waals surface area contributed by atoms with Gasteiger partial charge in [-0.3, -0.25) is 9.59 Å². The molecular formula is C66H74N2O15. The molecule has 6 aliphatic heterocycles. The molecule has 83 heavy (non-hydrogen) atoms. The van der Waals surface area contributed by atoms with Gasteiger partial charge in [0.1, 0.15) is 47.3 Å². The van der Waals surface area contributed by atoms with Gasteiger partial charge in [-0.05, 0) is 131 Å². The van der Waals surface area contributed by atoms with E-state index in [2.05, 4.69) is 30.9 Å². The Balaban J connectivity index is 1.07. The zero-order valence-electron chi connectivity index (χ0n) is 49.0. The monoisotopic (exact) mass is 1130 g/mol. The number of carbonyl (C=O) groups excluding carboxylic acids is 4. The van der Waals surface area contributed by atoms with Crippen molar-refractivity contribution >= 4 is 41.0 Å². The summed E-state index contributed by atoms with van der Waals surface area (Å²) < 4.78 is 58.7. The van der Waals surface area contributed by atoms with Crippen LogP contribution in [0.5, 0.6) is 23.0 Å². The minimum atomic E-state index is -1.74. The van der Waals surface area contributed by atoms with Crippen LogP contribution in [0.1, 0.15) is 138 Å². The Labute approximate surface area is 483 Å². The molecule has 0 amide bonds. The largest absolute Gasteiger partial charge is 0.482 e. The number of hydrogen-bond acceptors (Lipinski definition) is 17. The highest BCUT2D eigenvalue weighted by atomic mass is 16.8. The van der Waals surface area contributed by atoms with Crippen LogP contribution in [-0.2, 0) is 39.7 Å². The quantitative estimate of drug-likeness (QED) is 0.0593. The average Bonchev–Trinajstić information content (AvgIpc) is 1.58. The fraction of sp³-hybridized carbons (Fsp3) is 0.485. The van der Waals surface area contributed by atoms with E-state index in [0.29, 0.717) is 87.5 Å². The number of aliphatic hydroxyl groups is 2. The molecule has 3 saturated heterocycles. The van der Waals surface area contributed by atoms with Crippen molar-refractivity contribution in [3.63, 3.8) is 0 Å². The highest BCUT2D eigenvalue weighted by Gasteiger charge is 2.84. The van der Waals surface area contributed by atoms with Gasteiger partial charge in [0, 0.05) is 70.7 Å². The number of ether oxygens (including phenoxy) is 9. The van der Waals surface area contributed by atoms with Gasteiger partial charge in [-0.1, -0.05) is 53.6 Å². The lowest BCUT2D eigenvalue weighted by Crippen LogP contribution is -2.75. The number of esters is 2. The zero-order valence-corrected chi connectivity index (χ0v) is 49.0. The van der Waals surface area contributed by atoms with E-state index in [4.69, 9.17) is 48.4 Å². The van der Waals surface area contributed by atoms with Gasteiger partial charge in [0.2, 0.25) is 6.29 Å². The fourth-order valence-corrected chi connectivity index (χ4v) is 14.6. The molecule has 5 unspecified atom stereocenters. The van der Waals surface area contributed by atoms with E-state index in [1.807, 2.05) is 71.0 Å². The minimum Gasteiger partial charge on any atom is -0.482 e. The molecule has 4 N–H and O–H groups in total. The van der Waals surface area contributed by atoms with E-state index >= 15 is 14.4 Å². The van der Waals surface area contributed by atoms with Crippen molar-refractivity contribution in [1.29, 1.82) is 0 Å². The Kier molecular flexibility index (Phi) is 13.8. The van der Waals surface area contributed by atoms with Crippen molar-refractivity contribution in [3.8, 4) is 23.0 Å². The number of ketones is 2. The van der Waals surface area contributed by atoms with Crippen LogP contribution in [0.2, 0.25) is 0 Å². The van der Waals surface area contributed by atoms with Gasteiger partial charge in [0.25, 0.3) is 0 Å². The van der Waals surface area contributed by atoms with E-state index in [0.717, 1.165) is 5.57 Å². The maximum Gasteiger partial charge on any atom is 0.343 e. The second-order valence-corrected chi connectivity index (χ2v) is 25.2. The predicted octanol–water partition coefficient (Wildman–Crippen LogP) is 8.92. The van der Waals surface area contributed by atoms with Crippen molar-refractivity contribution in [1.82, 2.24) is 4.90 Å². The number of rotatable bonds is 14. The Bertz CT molecular complexity index is 3460. The van der Waals surface area contributed by atoms with Crippen LogP contribution in [0, 0.1) is 17.8 Å². The number of methoxy groups -OCH3 is 1. The van der Waals surface area contributed by atoms with E-state index < -0.39 is 88.6 Å². The second kappa shape index (κ2) is 20.2. The maximum atomic E-state index is 16.2. The molecule has 1 spiro atoms. The molecule has 17 heteroatoms. The number of nitrogens with zero attached hydrogens (tertiary/aromatic N) is 1. The molecule has 0 radical (unpaired) electrons. The van der Waals surface area contributed by atoms with Crippen LogP contribution >= 0.6 is 0 Å². The van der Waals surface area contributed by atoms with Gasteiger partial charge in [-0.2, -0.15) is 0 Å². The lowest BCUT2D eigenvalue weighted by molar-refractivity contribution is -0.373. The summed E-state index contributed by atoms with van der Waals surface area (Å²) in [5, 5.41) is 22.3. The maximum absolute atomic E-state index is 16.2.